The Balaban J connectivity index is 1.52. The van der Waals surface area contributed by atoms with Crippen molar-refractivity contribution < 1.29 is 4.79 Å². The summed E-state index contributed by atoms with van der Waals surface area (Å²) in [6.07, 6.45) is 4.94. The molecule has 1 aromatic heterocycles. The van der Waals surface area contributed by atoms with Crippen molar-refractivity contribution in [1.82, 2.24) is 15.1 Å². The number of nitrogens with zero attached hydrogens (tertiary/aromatic N) is 2. The van der Waals surface area contributed by atoms with Crippen LogP contribution in [0.25, 0.3) is 10.9 Å². The Morgan fingerprint density at radius 2 is 2.22 bits per heavy atom. The highest BCUT2D eigenvalue weighted by molar-refractivity contribution is 5.80. The van der Waals surface area contributed by atoms with Gasteiger partial charge in [-0.1, -0.05) is 18.2 Å². The number of hydrogen-bond acceptors (Lipinski definition) is 2. The molecule has 0 unspecified atom stereocenters. The van der Waals surface area contributed by atoms with E-state index < -0.39 is 0 Å². The van der Waals surface area contributed by atoms with E-state index in [4.69, 9.17) is 0 Å². The fourth-order valence-corrected chi connectivity index (χ4v) is 2.13. The van der Waals surface area contributed by atoms with Gasteiger partial charge in [0.1, 0.15) is 0 Å². The molecule has 1 saturated carbocycles. The van der Waals surface area contributed by atoms with Crippen molar-refractivity contribution in [2.75, 3.05) is 6.54 Å². The van der Waals surface area contributed by atoms with Crippen LogP contribution in [0.4, 0.5) is 0 Å². The average Bonchev–Trinajstić information content (AvgIpc) is 3.17. The van der Waals surface area contributed by atoms with Gasteiger partial charge in [0.05, 0.1) is 11.7 Å². The zero-order valence-electron chi connectivity index (χ0n) is 10.3. The van der Waals surface area contributed by atoms with E-state index in [0.29, 0.717) is 5.92 Å². The molecule has 18 heavy (non-hydrogen) atoms. The number of carbonyl (C=O) groups excluding carboxylic acids is 1. The van der Waals surface area contributed by atoms with Gasteiger partial charge in [0.25, 0.3) is 0 Å². The van der Waals surface area contributed by atoms with Crippen molar-refractivity contribution in [2.45, 2.75) is 25.8 Å². The summed E-state index contributed by atoms with van der Waals surface area (Å²) in [5, 5.41) is 8.50. The van der Waals surface area contributed by atoms with Crippen LogP contribution in [-0.2, 0) is 11.3 Å². The molecule has 1 aliphatic rings. The van der Waals surface area contributed by atoms with Crippen LogP contribution in [0.2, 0.25) is 0 Å². The van der Waals surface area contributed by atoms with Crippen LogP contribution in [0, 0.1) is 5.92 Å². The molecule has 1 fully saturated rings. The van der Waals surface area contributed by atoms with Crippen LogP contribution >= 0.6 is 0 Å². The minimum absolute atomic E-state index is 0.223. The lowest BCUT2D eigenvalue weighted by atomic mass is 10.2. The predicted octanol–water partition coefficient (Wildman–Crippen LogP) is 1.95. The maximum absolute atomic E-state index is 11.4. The Labute approximate surface area is 106 Å². The number of rotatable bonds is 5. The van der Waals surface area contributed by atoms with Crippen LogP contribution in [0.15, 0.2) is 30.5 Å². The normalized spacial score (nSPS) is 14.9. The summed E-state index contributed by atoms with van der Waals surface area (Å²) in [5.41, 5.74) is 1.16. The van der Waals surface area contributed by atoms with Gasteiger partial charge >= 0.3 is 0 Å². The molecule has 1 amide bonds. The van der Waals surface area contributed by atoms with Crippen LogP contribution < -0.4 is 5.32 Å². The Kier molecular flexibility index (Phi) is 3.00. The molecule has 2 aromatic rings. The number of aryl methyl sites for hydroxylation is 1. The molecule has 3 rings (SSSR count). The van der Waals surface area contributed by atoms with Crippen LogP contribution in [0.5, 0.6) is 0 Å². The van der Waals surface area contributed by atoms with Crippen molar-refractivity contribution in [3.05, 3.63) is 30.5 Å². The molecule has 0 radical (unpaired) electrons. The fraction of sp³-hybridized carbons (Fsp3) is 0.429. The van der Waals surface area contributed by atoms with Gasteiger partial charge in [0.15, 0.2) is 0 Å². The van der Waals surface area contributed by atoms with Crippen molar-refractivity contribution >= 4 is 16.8 Å². The zero-order valence-corrected chi connectivity index (χ0v) is 10.3. The quantitative estimate of drug-likeness (QED) is 0.816. The molecule has 0 bridgehead atoms. The number of aromatic nitrogens is 2. The maximum Gasteiger partial charge on any atom is 0.223 e. The number of fused-ring (bicyclic) bond motifs is 1. The van der Waals surface area contributed by atoms with Gasteiger partial charge in [-0.15, -0.1) is 0 Å². The molecule has 0 aliphatic heterocycles. The van der Waals surface area contributed by atoms with Crippen LogP contribution in [0.3, 0.4) is 0 Å². The standard InChI is InChI=1S/C14H17N3O/c18-14(11-6-7-11)15-8-3-9-17-13-5-2-1-4-12(13)10-16-17/h1-2,4-5,10-11H,3,6-9H2,(H,15,18). The van der Waals surface area contributed by atoms with Gasteiger partial charge in [0.2, 0.25) is 5.91 Å². The monoisotopic (exact) mass is 243 g/mol. The van der Waals surface area contributed by atoms with E-state index in [1.165, 1.54) is 5.39 Å². The van der Waals surface area contributed by atoms with E-state index in [1.54, 1.807) is 0 Å². The molecule has 0 atom stereocenters. The molecular weight excluding hydrogens is 226 g/mol. The highest BCUT2D eigenvalue weighted by atomic mass is 16.2. The molecule has 1 N–H and O–H groups in total. The van der Waals surface area contributed by atoms with Crippen LogP contribution in [-0.4, -0.2) is 22.2 Å². The number of carbonyl (C=O) groups is 1. The molecule has 1 aliphatic carbocycles. The fourth-order valence-electron chi connectivity index (χ4n) is 2.13. The second-order valence-corrected chi connectivity index (χ2v) is 4.85. The number of amides is 1. The van der Waals surface area contributed by atoms with Crippen molar-refractivity contribution in [1.29, 1.82) is 0 Å². The number of hydrogen-bond donors (Lipinski definition) is 1. The minimum atomic E-state index is 0.223. The summed E-state index contributed by atoms with van der Waals surface area (Å²) in [4.78, 5) is 11.4. The summed E-state index contributed by atoms with van der Waals surface area (Å²) in [6, 6.07) is 8.18. The molecule has 0 saturated heterocycles. The lowest BCUT2D eigenvalue weighted by molar-refractivity contribution is -0.122. The Hall–Kier alpha value is -1.84. The lowest BCUT2D eigenvalue weighted by Crippen LogP contribution is -2.26. The average molecular weight is 243 g/mol. The summed E-state index contributed by atoms with van der Waals surface area (Å²) in [5.74, 6) is 0.524. The summed E-state index contributed by atoms with van der Waals surface area (Å²) >= 11 is 0. The van der Waals surface area contributed by atoms with Crippen molar-refractivity contribution in [3.63, 3.8) is 0 Å². The van der Waals surface area contributed by atoms with E-state index in [-0.39, 0.29) is 5.91 Å². The predicted molar refractivity (Wildman–Crippen MR) is 70.1 cm³/mol. The van der Waals surface area contributed by atoms with E-state index in [1.807, 2.05) is 23.0 Å². The largest absolute Gasteiger partial charge is 0.356 e. The molecule has 1 aromatic carbocycles. The summed E-state index contributed by atoms with van der Waals surface area (Å²) in [6.45, 7) is 1.59. The van der Waals surface area contributed by atoms with Crippen molar-refractivity contribution in [2.24, 2.45) is 5.92 Å². The molecule has 1 heterocycles. The number of nitrogens with one attached hydrogen (secondary N) is 1. The first kappa shape index (κ1) is 11.3. The van der Waals surface area contributed by atoms with Crippen molar-refractivity contribution in [3.8, 4) is 0 Å². The third-order valence-electron chi connectivity index (χ3n) is 3.35. The van der Waals surface area contributed by atoms with Gasteiger partial charge in [-0.2, -0.15) is 5.10 Å². The number of benzene rings is 1. The zero-order chi connectivity index (χ0) is 12.4. The first-order valence-electron chi connectivity index (χ1n) is 6.53. The first-order chi connectivity index (χ1) is 8.84. The maximum atomic E-state index is 11.4. The smallest absolute Gasteiger partial charge is 0.223 e. The highest BCUT2D eigenvalue weighted by Crippen LogP contribution is 2.28. The Bertz CT molecular complexity index is 557. The number of para-hydroxylation sites is 1. The lowest BCUT2D eigenvalue weighted by Gasteiger charge is -2.05. The molecule has 0 spiro atoms. The first-order valence-corrected chi connectivity index (χ1v) is 6.53. The van der Waals surface area contributed by atoms with E-state index >= 15 is 0 Å². The molecule has 4 nitrogen and oxygen atoms in total. The van der Waals surface area contributed by atoms with Gasteiger partial charge in [-0.05, 0) is 25.3 Å². The Morgan fingerprint density at radius 3 is 3.06 bits per heavy atom. The van der Waals surface area contributed by atoms with E-state index in [2.05, 4.69) is 22.5 Å². The molecule has 4 heteroatoms. The second kappa shape index (κ2) is 4.80. The topological polar surface area (TPSA) is 46.9 Å². The third kappa shape index (κ3) is 2.37. The van der Waals surface area contributed by atoms with E-state index in [0.717, 1.165) is 37.9 Å². The minimum Gasteiger partial charge on any atom is -0.356 e. The summed E-state index contributed by atoms with van der Waals surface area (Å²) in [7, 11) is 0. The van der Waals surface area contributed by atoms with E-state index in [9.17, 15) is 4.79 Å². The Morgan fingerprint density at radius 1 is 1.39 bits per heavy atom. The van der Waals surface area contributed by atoms with Gasteiger partial charge in [0, 0.05) is 24.4 Å². The van der Waals surface area contributed by atoms with Gasteiger partial charge in [-0.25, -0.2) is 0 Å². The van der Waals surface area contributed by atoms with Crippen LogP contribution in [0.1, 0.15) is 19.3 Å². The van der Waals surface area contributed by atoms with Gasteiger partial charge in [-0.3, -0.25) is 9.48 Å². The molecule has 94 valence electrons. The highest BCUT2D eigenvalue weighted by Gasteiger charge is 2.28. The second-order valence-electron chi connectivity index (χ2n) is 4.85. The SMILES string of the molecule is O=C(NCCCn1ncc2ccccc21)C1CC1. The third-order valence-corrected chi connectivity index (χ3v) is 3.35. The summed E-state index contributed by atoms with van der Waals surface area (Å²) < 4.78 is 2.00. The van der Waals surface area contributed by atoms with Gasteiger partial charge < -0.3 is 5.32 Å². The molecular formula is C14H17N3O.